The second-order valence-electron chi connectivity index (χ2n) is 2.62. The van der Waals surface area contributed by atoms with Crippen LogP contribution in [0.15, 0.2) is 11.6 Å². The Bertz CT molecular complexity index is 288. The van der Waals surface area contributed by atoms with E-state index < -0.39 is 0 Å². The molecule has 12 heavy (non-hydrogen) atoms. The van der Waals surface area contributed by atoms with E-state index in [0.29, 0.717) is 6.42 Å². The molecule has 2 rings (SSSR count). The Balaban J connectivity index is 2.21. The zero-order valence-corrected chi connectivity index (χ0v) is 8.64. The lowest BCUT2D eigenvalue weighted by Gasteiger charge is -2.10. The minimum absolute atomic E-state index is 0.159. The van der Waals surface area contributed by atoms with E-state index in [9.17, 15) is 4.79 Å². The molecule has 1 amide bonds. The van der Waals surface area contributed by atoms with Crippen molar-refractivity contribution in [2.45, 2.75) is 11.2 Å². The summed E-state index contributed by atoms with van der Waals surface area (Å²) in [6, 6.07) is 0. The third-order valence-corrected chi connectivity index (χ3v) is 3.14. The largest absolute Gasteiger partial charge is 0.287 e. The standard InChI is InChI=1S/C7H7BrN2OS/c8-5-3-6(11)10(4-5)7-9-1-2-12-7/h1-2,5H,3-4H2. The minimum atomic E-state index is 0.159. The summed E-state index contributed by atoms with van der Waals surface area (Å²) < 4.78 is 0. The number of thiazole rings is 1. The highest BCUT2D eigenvalue weighted by Crippen LogP contribution is 2.26. The van der Waals surface area contributed by atoms with Gasteiger partial charge < -0.3 is 0 Å². The van der Waals surface area contributed by atoms with Gasteiger partial charge in [0.1, 0.15) is 0 Å². The van der Waals surface area contributed by atoms with Gasteiger partial charge in [0, 0.05) is 29.4 Å². The lowest BCUT2D eigenvalue weighted by molar-refractivity contribution is -0.117. The molecule has 0 radical (unpaired) electrons. The van der Waals surface area contributed by atoms with E-state index in [0.717, 1.165) is 11.7 Å². The van der Waals surface area contributed by atoms with Crippen molar-refractivity contribution < 1.29 is 4.79 Å². The van der Waals surface area contributed by atoms with Crippen molar-refractivity contribution in [3.05, 3.63) is 11.6 Å². The van der Waals surface area contributed by atoms with E-state index in [1.54, 1.807) is 11.1 Å². The lowest BCUT2D eigenvalue weighted by Crippen LogP contribution is -2.24. The number of anilines is 1. The summed E-state index contributed by atoms with van der Waals surface area (Å²) in [7, 11) is 0. The van der Waals surface area contributed by atoms with Crippen LogP contribution in [0.2, 0.25) is 0 Å². The topological polar surface area (TPSA) is 33.2 Å². The molecule has 3 nitrogen and oxygen atoms in total. The molecule has 1 aromatic rings. The predicted molar refractivity (Wildman–Crippen MR) is 51.8 cm³/mol. The fourth-order valence-corrected chi connectivity index (χ4v) is 2.43. The molecule has 1 aliphatic heterocycles. The average molecular weight is 247 g/mol. The fourth-order valence-electron chi connectivity index (χ4n) is 1.20. The zero-order valence-electron chi connectivity index (χ0n) is 6.24. The van der Waals surface area contributed by atoms with Gasteiger partial charge in [-0.15, -0.1) is 11.3 Å². The van der Waals surface area contributed by atoms with Gasteiger partial charge in [0.2, 0.25) is 5.91 Å². The molecule has 5 heteroatoms. The van der Waals surface area contributed by atoms with E-state index in [-0.39, 0.29) is 10.7 Å². The molecule has 64 valence electrons. The molecule has 0 saturated carbocycles. The van der Waals surface area contributed by atoms with Gasteiger partial charge in [0.15, 0.2) is 5.13 Å². The van der Waals surface area contributed by atoms with E-state index in [4.69, 9.17) is 0 Å². The van der Waals surface area contributed by atoms with Crippen LogP contribution in [0, 0.1) is 0 Å². The lowest BCUT2D eigenvalue weighted by atomic mass is 10.4. The fraction of sp³-hybridized carbons (Fsp3) is 0.429. The summed E-state index contributed by atoms with van der Waals surface area (Å²) >= 11 is 4.92. The third kappa shape index (κ3) is 1.38. The number of aromatic nitrogens is 1. The quantitative estimate of drug-likeness (QED) is 0.707. The zero-order chi connectivity index (χ0) is 8.55. The van der Waals surface area contributed by atoms with Crippen molar-refractivity contribution in [3.8, 4) is 0 Å². The first kappa shape index (κ1) is 8.19. The maximum Gasteiger partial charge on any atom is 0.230 e. The summed E-state index contributed by atoms with van der Waals surface area (Å²) in [4.78, 5) is 17.4. The third-order valence-electron chi connectivity index (χ3n) is 1.73. The van der Waals surface area contributed by atoms with Crippen LogP contribution in [0.4, 0.5) is 5.13 Å². The second kappa shape index (κ2) is 3.14. The number of hydrogen-bond donors (Lipinski definition) is 0. The summed E-state index contributed by atoms with van der Waals surface area (Å²) in [6.45, 7) is 0.742. The molecule has 1 aliphatic rings. The van der Waals surface area contributed by atoms with Crippen LogP contribution in [0.3, 0.4) is 0 Å². The molecule has 1 atom stereocenters. The predicted octanol–water partition coefficient (Wildman–Crippen LogP) is 1.64. The number of carbonyl (C=O) groups is 1. The monoisotopic (exact) mass is 246 g/mol. The summed E-state index contributed by atoms with van der Waals surface area (Å²) in [5.74, 6) is 0.159. The Morgan fingerprint density at radius 2 is 2.58 bits per heavy atom. The van der Waals surface area contributed by atoms with Crippen LogP contribution >= 0.6 is 27.3 Å². The van der Waals surface area contributed by atoms with E-state index in [1.165, 1.54) is 11.3 Å². The van der Waals surface area contributed by atoms with Gasteiger partial charge in [-0.3, -0.25) is 9.69 Å². The van der Waals surface area contributed by atoms with Gasteiger partial charge in [-0.1, -0.05) is 15.9 Å². The van der Waals surface area contributed by atoms with Crippen molar-refractivity contribution in [2.75, 3.05) is 11.4 Å². The van der Waals surface area contributed by atoms with Crippen molar-refractivity contribution >= 4 is 38.3 Å². The SMILES string of the molecule is O=C1CC(Br)CN1c1nccs1. The average Bonchev–Trinajstić information content (AvgIpc) is 2.58. The molecule has 1 aromatic heterocycles. The van der Waals surface area contributed by atoms with Gasteiger partial charge in [-0.2, -0.15) is 0 Å². The van der Waals surface area contributed by atoms with E-state index in [1.807, 2.05) is 5.38 Å². The Hall–Kier alpha value is -0.420. The highest BCUT2D eigenvalue weighted by atomic mass is 79.9. The first-order valence-electron chi connectivity index (χ1n) is 3.61. The Kier molecular flexibility index (Phi) is 2.14. The van der Waals surface area contributed by atoms with Crippen molar-refractivity contribution in [1.29, 1.82) is 0 Å². The molecule has 1 unspecified atom stereocenters. The molecule has 1 fully saturated rings. The highest BCUT2D eigenvalue weighted by molar-refractivity contribution is 9.09. The van der Waals surface area contributed by atoms with Crippen LogP contribution in [0.5, 0.6) is 0 Å². The van der Waals surface area contributed by atoms with E-state index >= 15 is 0 Å². The normalized spacial score (nSPS) is 23.6. The maximum atomic E-state index is 11.3. The van der Waals surface area contributed by atoms with Crippen LogP contribution in [-0.4, -0.2) is 22.3 Å². The number of hydrogen-bond acceptors (Lipinski definition) is 3. The Labute approximate surface area is 82.5 Å². The maximum absolute atomic E-state index is 11.3. The highest BCUT2D eigenvalue weighted by Gasteiger charge is 2.29. The number of halogens is 1. The van der Waals surface area contributed by atoms with Gasteiger partial charge in [-0.25, -0.2) is 4.98 Å². The van der Waals surface area contributed by atoms with Crippen molar-refractivity contribution in [3.63, 3.8) is 0 Å². The Morgan fingerprint density at radius 3 is 3.08 bits per heavy atom. The molecular formula is C7H7BrN2OS. The molecule has 0 spiro atoms. The smallest absolute Gasteiger partial charge is 0.230 e. The van der Waals surface area contributed by atoms with Gasteiger partial charge in [0.05, 0.1) is 0 Å². The number of nitrogens with zero attached hydrogens (tertiary/aromatic N) is 2. The molecule has 0 aliphatic carbocycles. The molecular weight excluding hydrogens is 240 g/mol. The van der Waals surface area contributed by atoms with Crippen LogP contribution in [0.1, 0.15) is 6.42 Å². The molecule has 1 saturated heterocycles. The molecule has 2 heterocycles. The van der Waals surface area contributed by atoms with Crippen molar-refractivity contribution in [2.24, 2.45) is 0 Å². The summed E-state index contributed by atoms with van der Waals surface area (Å²) in [5, 5.41) is 2.69. The summed E-state index contributed by atoms with van der Waals surface area (Å²) in [5.41, 5.74) is 0. The van der Waals surface area contributed by atoms with E-state index in [2.05, 4.69) is 20.9 Å². The second-order valence-corrected chi connectivity index (χ2v) is 4.79. The van der Waals surface area contributed by atoms with Gasteiger partial charge in [-0.05, 0) is 0 Å². The van der Waals surface area contributed by atoms with Crippen LogP contribution < -0.4 is 4.90 Å². The van der Waals surface area contributed by atoms with Gasteiger partial charge in [0.25, 0.3) is 0 Å². The number of alkyl halides is 1. The van der Waals surface area contributed by atoms with Gasteiger partial charge >= 0.3 is 0 Å². The Morgan fingerprint density at radius 1 is 1.75 bits per heavy atom. The molecule has 0 aromatic carbocycles. The number of amides is 1. The minimum Gasteiger partial charge on any atom is -0.287 e. The van der Waals surface area contributed by atoms with Crippen molar-refractivity contribution in [1.82, 2.24) is 4.98 Å². The van der Waals surface area contributed by atoms with Crippen LogP contribution in [-0.2, 0) is 4.79 Å². The molecule has 0 N–H and O–H groups in total. The summed E-state index contributed by atoms with van der Waals surface area (Å²) in [6.07, 6.45) is 2.30. The first-order chi connectivity index (χ1) is 5.77. The number of rotatable bonds is 1. The first-order valence-corrected chi connectivity index (χ1v) is 5.41. The van der Waals surface area contributed by atoms with Crippen LogP contribution in [0.25, 0.3) is 0 Å². The number of carbonyl (C=O) groups excluding carboxylic acids is 1. The molecule has 0 bridgehead atoms.